The van der Waals surface area contributed by atoms with Crippen LogP contribution >= 0.6 is 0 Å². The Kier molecular flexibility index (Phi) is 6.93. The molecule has 0 saturated carbocycles. The van der Waals surface area contributed by atoms with Gasteiger partial charge in [0.15, 0.2) is 0 Å². The fraction of sp³-hybridized carbons (Fsp3) is 0.259. The standard InChI is InChI=1S/C27H29N3O3/c1-19-13-14-24(20(2)17-19)33-16-8-15-30-23-11-6-5-10-22(23)29-26(30)18-28-27(31)21-9-4-7-12-25(21)32-3/h4-7,9-14,17H,8,15-16,18H2,1-3H3,(H,28,31). The van der Waals surface area contributed by atoms with Crippen LogP contribution in [0.2, 0.25) is 0 Å². The van der Waals surface area contributed by atoms with Crippen LogP contribution in [-0.4, -0.2) is 29.2 Å². The average Bonchev–Trinajstić information content (AvgIpc) is 3.18. The predicted octanol–water partition coefficient (Wildman–Crippen LogP) is 5.06. The number of hydrogen-bond donors (Lipinski definition) is 1. The number of rotatable bonds is 9. The normalized spacial score (nSPS) is 10.9. The number of ether oxygens (including phenoxy) is 2. The molecule has 3 aromatic carbocycles. The van der Waals surface area contributed by atoms with Gasteiger partial charge in [-0.15, -0.1) is 0 Å². The molecule has 0 saturated heterocycles. The molecule has 33 heavy (non-hydrogen) atoms. The van der Waals surface area contributed by atoms with Crippen molar-refractivity contribution in [3.8, 4) is 11.5 Å². The fourth-order valence-corrected chi connectivity index (χ4v) is 3.96. The second kappa shape index (κ2) is 10.2. The topological polar surface area (TPSA) is 65.4 Å². The van der Waals surface area contributed by atoms with Gasteiger partial charge < -0.3 is 19.4 Å². The Morgan fingerprint density at radius 3 is 2.61 bits per heavy atom. The van der Waals surface area contributed by atoms with E-state index in [0.717, 1.165) is 41.1 Å². The number of hydrogen-bond acceptors (Lipinski definition) is 4. The summed E-state index contributed by atoms with van der Waals surface area (Å²) >= 11 is 0. The average molecular weight is 444 g/mol. The van der Waals surface area contributed by atoms with Gasteiger partial charge in [-0.05, 0) is 56.2 Å². The molecule has 0 atom stereocenters. The molecule has 4 rings (SSSR count). The Hall–Kier alpha value is -3.80. The minimum absolute atomic E-state index is 0.191. The summed E-state index contributed by atoms with van der Waals surface area (Å²) in [6.45, 7) is 5.81. The first kappa shape index (κ1) is 22.4. The lowest BCUT2D eigenvalue weighted by Gasteiger charge is -2.13. The van der Waals surface area contributed by atoms with Crippen LogP contribution in [0.5, 0.6) is 11.5 Å². The van der Waals surface area contributed by atoms with Gasteiger partial charge in [0.05, 0.1) is 36.9 Å². The van der Waals surface area contributed by atoms with E-state index in [1.807, 2.05) is 36.4 Å². The molecule has 0 unspecified atom stereocenters. The van der Waals surface area contributed by atoms with Crippen molar-refractivity contribution in [2.24, 2.45) is 0 Å². The van der Waals surface area contributed by atoms with Crippen LogP contribution in [0.25, 0.3) is 11.0 Å². The summed E-state index contributed by atoms with van der Waals surface area (Å²) in [5.41, 5.74) is 4.83. The Morgan fingerprint density at radius 2 is 1.79 bits per heavy atom. The summed E-state index contributed by atoms with van der Waals surface area (Å²) in [6, 6.07) is 21.4. The van der Waals surface area contributed by atoms with Crippen molar-refractivity contribution in [3.05, 3.63) is 89.2 Å². The molecule has 0 aliphatic carbocycles. The van der Waals surface area contributed by atoms with E-state index in [4.69, 9.17) is 14.5 Å². The zero-order chi connectivity index (χ0) is 23.2. The van der Waals surface area contributed by atoms with Gasteiger partial charge in [-0.2, -0.15) is 0 Å². The fourth-order valence-electron chi connectivity index (χ4n) is 3.96. The van der Waals surface area contributed by atoms with Crippen molar-refractivity contribution in [2.45, 2.75) is 33.4 Å². The molecule has 1 heterocycles. The molecule has 0 fully saturated rings. The van der Waals surface area contributed by atoms with Crippen molar-refractivity contribution in [1.82, 2.24) is 14.9 Å². The number of aromatic nitrogens is 2. The molecule has 6 nitrogen and oxygen atoms in total. The van der Waals surface area contributed by atoms with Crippen molar-refractivity contribution in [3.63, 3.8) is 0 Å². The van der Waals surface area contributed by atoms with Crippen LogP contribution in [0.15, 0.2) is 66.7 Å². The van der Waals surface area contributed by atoms with Crippen LogP contribution in [0, 0.1) is 13.8 Å². The van der Waals surface area contributed by atoms with E-state index < -0.39 is 0 Å². The number of aryl methyl sites for hydroxylation is 3. The van der Waals surface area contributed by atoms with Crippen molar-refractivity contribution < 1.29 is 14.3 Å². The third kappa shape index (κ3) is 5.17. The quantitative estimate of drug-likeness (QED) is 0.367. The SMILES string of the molecule is COc1ccccc1C(=O)NCc1nc2ccccc2n1CCCOc1ccc(C)cc1C. The van der Waals surface area contributed by atoms with Crippen LogP contribution in [0.3, 0.4) is 0 Å². The molecule has 1 amide bonds. The number of carbonyl (C=O) groups is 1. The molecule has 6 heteroatoms. The lowest BCUT2D eigenvalue weighted by atomic mass is 10.1. The molecule has 0 aliphatic heterocycles. The molecule has 170 valence electrons. The first-order chi connectivity index (χ1) is 16.1. The Balaban J connectivity index is 1.44. The highest BCUT2D eigenvalue weighted by atomic mass is 16.5. The van der Waals surface area contributed by atoms with E-state index in [2.05, 4.69) is 41.9 Å². The Morgan fingerprint density at radius 1 is 1.00 bits per heavy atom. The van der Waals surface area contributed by atoms with Crippen LogP contribution in [0.4, 0.5) is 0 Å². The van der Waals surface area contributed by atoms with Gasteiger partial charge in [-0.25, -0.2) is 4.98 Å². The smallest absolute Gasteiger partial charge is 0.255 e. The van der Waals surface area contributed by atoms with Gasteiger partial charge in [0, 0.05) is 6.54 Å². The molecule has 0 bridgehead atoms. The van der Waals surface area contributed by atoms with Crippen molar-refractivity contribution in [1.29, 1.82) is 0 Å². The number of methoxy groups -OCH3 is 1. The largest absolute Gasteiger partial charge is 0.496 e. The Bertz CT molecular complexity index is 1260. The molecule has 0 spiro atoms. The highest BCUT2D eigenvalue weighted by Gasteiger charge is 2.15. The second-order valence-corrected chi connectivity index (χ2v) is 8.02. The summed E-state index contributed by atoms with van der Waals surface area (Å²) in [7, 11) is 1.56. The predicted molar refractivity (Wildman–Crippen MR) is 130 cm³/mol. The zero-order valence-corrected chi connectivity index (χ0v) is 19.3. The lowest BCUT2D eigenvalue weighted by Crippen LogP contribution is -2.25. The Labute approximate surface area is 194 Å². The highest BCUT2D eigenvalue weighted by Crippen LogP contribution is 2.21. The second-order valence-electron chi connectivity index (χ2n) is 8.02. The highest BCUT2D eigenvalue weighted by molar-refractivity contribution is 5.96. The maximum atomic E-state index is 12.7. The van der Waals surface area contributed by atoms with Crippen LogP contribution in [0.1, 0.15) is 33.7 Å². The maximum absolute atomic E-state index is 12.7. The molecule has 4 aromatic rings. The molecule has 0 aliphatic rings. The third-order valence-corrected chi connectivity index (χ3v) is 5.61. The van der Waals surface area contributed by atoms with Crippen molar-refractivity contribution >= 4 is 16.9 Å². The van der Waals surface area contributed by atoms with E-state index in [9.17, 15) is 4.79 Å². The summed E-state index contributed by atoms with van der Waals surface area (Å²) in [4.78, 5) is 17.5. The number of imidazole rings is 1. The lowest BCUT2D eigenvalue weighted by molar-refractivity contribution is 0.0946. The monoisotopic (exact) mass is 443 g/mol. The summed E-state index contributed by atoms with van der Waals surface area (Å²) in [5.74, 6) is 2.09. The van der Waals surface area contributed by atoms with Crippen LogP contribution < -0.4 is 14.8 Å². The van der Waals surface area contributed by atoms with E-state index in [-0.39, 0.29) is 5.91 Å². The number of fused-ring (bicyclic) bond motifs is 1. The first-order valence-electron chi connectivity index (χ1n) is 11.1. The number of nitrogens with one attached hydrogen (secondary N) is 1. The van der Waals surface area contributed by atoms with Gasteiger partial charge >= 0.3 is 0 Å². The minimum atomic E-state index is -0.191. The summed E-state index contributed by atoms with van der Waals surface area (Å²) in [6.07, 6.45) is 0.821. The van der Waals surface area contributed by atoms with Gasteiger partial charge in [0.1, 0.15) is 17.3 Å². The number of para-hydroxylation sites is 3. The van der Waals surface area contributed by atoms with E-state index in [0.29, 0.717) is 24.5 Å². The van der Waals surface area contributed by atoms with Gasteiger partial charge in [-0.3, -0.25) is 4.79 Å². The number of nitrogens with zero attached hydrogens (tertiary/aromatic N) is 2. The summed E-state index contributed by atoms with van der Waals surface area (Å²) in [5, 5.41) is 2.99. The zero-order valence-electron chi connectivity index (χ0n) is 19.3. The minimum Gasteiger partial charge on any atom is -0.496 e. The van der Waals surface area contributed by atoms with E-state index >= 15 is 0 Å². The molecular weight excluding hydrogens is 414 g/mol. The number of carbonyl (C=O) groups excluding carboxylic acids is 1. The van der Waals surface area contributed by atoms with E-state index in [1.54, 1.807) is 19.2 Å². The molecule has 0 radical (unpaired) electrons. The first-order valence-corrected chi connectivity index (χ1v) is 11.1. The van der Waals surface area contributed by atoms with Gasteiger partial charge in [-0.1, -0.05) is 42.0 Å². The summed E-state index contributed by atoms with van der Waals surface area (Å²) < 4.78 is 13.5. The van der Waals surface area contributed by atoms with Crippen LogP contribution in [-0.2, 0) is 13.1 Å². The third-order valence-electron chi connectivity index (χ3n) is 5.61. The molecular formula is C27H29N3O3. The van der Waals surface area contributed by atoms with Gasteiger partial charge in [0.2, 0.25) is 0 Å². The van der Waals surface area contributed by atoms with Crippen molar-refractivity contribution in [2.75, 3.05) is 13.7 Å². The number of amides is 1. The number of benzene rings is 3. The molecule has 1 aromatic heterocycles. The maximum Gasteiger partial charge on any atom is 0.255 e. The molecule has 1 N–H and O–H groups in total. The van der Waals surface area contributed by atoms with Gasteiger partial charge in [0.25, 0.3) is 5.91 Å². The van der Waals surface area contributed by atoms with E-state index in [1.165, 1.54) is 5.56 Å².